The molecule has 0 saturated carbocycles. The molecule has 3 aromatic rings. The Morgan fingerprint density at radius 1 is 1.02 bits per heavy atom. The third kappa shape index (κ3) is 7.17. The maximum Gasteiger partial charge on any atom is 0.262 e. The van der Waals surface area contributed by atoms with E-state index in [0.717, 1.165) is 23.3 Å². The lowest BCUT2D eigenvalue weighted by Gasteiger charge is -2.35. The minimum atomic E-state index is -3.63. The highest BCUT2D eigenvalue weighted by atomic mass is 32.2. The number of carbonyl (C=O) groups excluding carboxylic acids is 2. The summed E-state index contributed by atoms with van der Waals surface area (Å²) in [4.78, 5) is 32.3. The standard InChI is InChI=1S/C30H33FN2O7S2/c31-22-9-11-24(12-10-22)39-20-28(35)32-23-7-5-6-21(18-23)25-13-14-26(41-25)30(15-2-4-17-42(30,36)37)19-27(34)33-40-29-8-1-3-16-38-29/h5-7,9-14,18,29H,1-4,8,15-17,19-20H2,(H,32,35)(H,33,34)/t29?,30-/m0/s1. The van der Waals surface area contributed by atoms with Crippen molar-refractivity contribution in [2.24, 2.45) is 0 Å². The Bertz CT molecular complexity index is 1500. The lowest BCUT2D eigenvalue weighted by molar-refractivity contribution is -0.200. The van der Waals surface area contributed by atoms with E-state index in [2.05, 4.69) is 10.8 Å². The second-order valence-electron chi connectivity index (χ2n) is 10.4. The number of halogens is 1. The molecule has 12 heteroatoms. The van der Waals surface area contributed by atoms with E-state index in [1.807, 2.05) is 12.1 Å². The van der Waals surface area contributed by atoms with Crippen LogP contribution in [0.25, 0.3) is 10.4 Å². The van der Waals surface area contributed by atoms with Crippen LogP contribution in [0.3, 0.4) is 0 Å². The molecule has 3 heterocycles. The number of hydrogen-bond donors (Lipinski definition) is 2. The van der Waals surface area contributed by atoms with Gasteiger partial charge < -0.3 is 14.8 Å². The van der Waals surface area contributed by atoms with E-state index >= 15 is 0 Å². The van der Waals surface area contributed by atoms with Crippen molar-refractivity contribution < 1.29 is 36.7 Å². The molecule has 2 N–H and O–H groups in total. The van der Waals surface area contributed by atoms with Crippen molar-refractivity contribution in [3.63, 3.8) is 0 Å². The predicted octanol–water partition coefficient (Wildman–Crippen LogP) is 5.33. The van der Waals surface area contributed by atoms with Gasteiger partial charge in [-0.05, 0) is 79.8 Å². The quantitative estimate of drug-likeness (QED) is 0.296. The fourth-order valence-corrected chi connectivity index (χ4v) is 8.99. The first-order valence-corrected chi connectivity index (χ1v) is 16.4. The minimum absolute atomic E-state index is 0.0155. The predicted molar refractivity (Wildman–Crippen MR) is 157 cm³/mol. The molecule has 2 fully saturated rings. The molecular weight excluding hydrogens is 583 g/mol. The van der Waals surface area contributed by atoms with Crippen LogP contribution in [0.5, 0.6) is 5.75 Å². The molecule has 9 nitrogen and oxygen atoms in total. The van der Waals surface area contributed by atoms with Crippen LogP contribution in [-0.2, 0) is 33.7 Å². The van der Waals surface area contributed by atoms with Crippen LogP contribution in [0.15, 0.2) is 60.7 Å². The topological polar surface area (TPSA) is 120 Å². The fraction of sp³-hybridized carbons (Fsp3) is 0.400. The molecule has 2 amide bonds. The Morgan fingerprint density at radius 2 is 1.86 bits per heavy atom. The Hall–Kier alpha value is -3.32. The van der Waals surface area contributed by atoms with Crippen LogP contribution in [-0.4, -0.2) is 45.5 Å². The molecule has 42 heavy (non-hydrogen) atoms. The number of hydroxylamine groups is 1. The molecule has 0 radical (unpaired) electrons. The first kappa shape index (κ1) is 30.1. The van der Waals surface area contributed by atoms with Gasteiger partial charge in [-0.2, -0.15) is 0 Å². The van der Waals surface area contributed by atoms with Gasteiger partial charge in [0.25, 0.3) is 5.91 Å². The summed E-state index contributed by atoms with van der Waals surface area (Å²) < 4.78 is 49.7. The van der Waals surface area contributed by atoms with Crippen molar-refractivity contribution in [1.29, 1.82) is 0 Å². The average molecular weight is 617 g/mol. The van der Waals surface area contributed by atoms with Crippen LogP contribution in [0, 0.1) is 5.82 Å². The van der Waals surface area contributed by atoms with E-state index in [0.29, 0.717) is 48.6 Å². The highest BCUT2D eigenvalue weighted by molar-refractivity contribution is 7.92. The smallest absolute Gasteiger partial charge is 0.262 e. The molecule has 2 aromatic carbocycles. The third-order valence-electron chi connectivity index (χ3n) is 7.40. The first-order valence-electron chi connectivity index (χ1n) is 13.9. The second kappa shape index (κ2) is 13.3. The maximum absolute atomic E-state index is 13.5. The Kier molecular flexibility index (Phi) is 9.57. The molecule has 0 aliphatic carbocycles. The molecule has 2 aliphatic heterocycles. The van der Waals surface area contributed by atoms with Gasteiger partial charge in [-0.15, -0.1) is 11.3 Å². The number of amides is 2. The molecule has 2 atom stereocenters. The van der Waals surface area contributed by atoms with Crippen LogP contribution in [0.2, 0.25) is 0 Å². The zero-order chi connectivity index (χ0) is 29.6. The number of anilines is 1. The van der Waals surface area contributed by atoms with Crippen molar-refractivity contribution >= 4 is 38.7 Å². The largest absolute Gasteiger partial charge is 0.484 e. The molecule has 1 unspecified atom stereocenters. The number of thiophene rings is 1. The molecule has 0 bridgehead atoms. The summed E-state index contributed by atoms with van der Waals surface area (Å²) in [5.41, 5.74) is 3.75. The normalized spacial score (nSPS) is 21.8. The van der Waals surface area contributed by atoms with Crippen LogP contribution in [0.1, 0.15) is 49.8 Å². The highest BCUT2D eigenvalue weighted by Gasteiger charge is 2.49. The summed E-state index contributed by atoms with van der Waals surface area (Å²) in [6.07, 6.45) is 3.36. The Labute approximate surface area is 248 Å². The van der Waals surface area contributed by atoms with Crippen molar-refractivity contribution in [1.82, 2.24) is 5.48 Å². The number of nitrogens with one attached hydrogen (secondary N) is 2. The Balaban J connectivity index is 1.29. The molecule has 224 valence electrons. The Morgan fingerprint density at radius 3 is 2.62 bits per heavy atom. The van der Waals surface area contributed by atoms with Gasteiger partial charge in [-0.3, -0.25) is 9.59 Å². The number of ether oxygens (including phenoxy) is 2. The van der Waals surface area contributed by atoms with Gasteiger partial charge >= 0.3 is 0 Å². The molecule has 5 rings (SSSR count). The van der Waals surface area contributed by atoms with Crippen molar-refractivity contribution in [2.75, 3.05) is 24.3 Å². The summed E-state index contributed by atoms with van der Waals surface area (Å²) in [6, 6.07) is 16.2. The molecule has 2 saturated heterocycles. The van der Waals surface area contributed by atoms with Gasteiger partial charge in [0.05, 0.1) is 12.2 Å². The van der Waals surface area contributed by atoms with E-state index in [1.165, 1.54) is 35.6 Å². The van der Waals surface area contributed by atoms with Gasteiger partial charge in [0.2, 0.25) is 5.91 Å². The van der Waals surface area contributed by atoms with Gasteiger partial charge in [-0.25, -0.2) is 23.1 Å². The lowest BCUT2D eigenvalue weighted by Crippen LogP contribution is -2.45. The summed E-state index contributed by atoms with van der Waals surface area (Å²) >= 11 is 1.33. The number of sulfone groups is 1. The molecular formula is C30H33FN2O7S2. The first-order chi connectivity index (χ1) is 20.2. The molecule has 2 aliphatic rings. The number of hydrogen-bond acceptors (Lipinski definition) is 8. The number of rotatable bonds is 10. The van der Waals surface area contributed by atoms with Crippen LogP contribution < -0.4 is 15.5 Å². The van der Waals surface area contributed by atoms with Crippen LogP contribution >= 0.6 is 11.3 Å². The van der Waals surface area contributed by atoms with E-state index < -0.39 is 32.6 Å². The maximum atomic E-state index is 13.5. The van der Waals surface area contributed by atoms with E-state index in [4.69, 9.17) is 14.3 Å². The number of carbonyl (C=O) groups is 2. The van der Waals surface area contributed by atoms with Gasteiger partial charge in [0.1, 0.15) is 16.3 Å². The van der Waals surface area contributed by atoms with Gasteiger partial charge in [0.15, 0.2) is 22.7 Å². The van der Waals surface area contributed by atoms with E-state index in [9.17, 15) is 22.4 Å². The summed E-state index contributed by atoms with van der Waals surface area (Å²) in [5, 5.41) is 2.79. The monoisotopic (exact) mass is 616 g/mol. The van der Waals surface area contributed by atoms with Gasteiger partial charge in [-0.1, -0.05) is 18.6 Å². The summed E-state index contributed by atoms with van der Waals surface area (Å²) in [7, 11) is -3.63. The average Bonchev–Trinajstić information content (AvgIpc) is 3.49. The molecule has 0 spiro atoms. The van der Waals surface area contributed by atoms with Crippen molar-refractivity contribution in [2.45, 2.75) is 56.0 Å². The van der Waals surface area contributed by atoms with Crippen molar-refractivity contribution in [3.8, 4) is 16.2 Å². The van der Waals surface area contributed by atoms with Crippen molar-refractivity contribution in [3.05, 3.63) is 71.4 Å². The minimum Gasteiger partial charge on any atom is -0.484 e. The second-order valence-corrected chi connectivity index (χ2v) is 13.9. The summed E-state index contributed by atoms with van der Waals surface area (Å²) in [6.45, 7) is 0.309. The third-order valence-corrected chi connectivity index (χ3v) is 11.4. The fourth-order valence-electron chi connectivity index (χ4n) is 5.21. The van der Waals surface area contributed by atoms with E-state index in [-0.39, 0.29) is 24.7 Å². The van der Waals surface area contributed by atoms with Crippen LogP contribution in [0.4, 0.5) is 10.1 Å². The molecule has 1 aromatic heterocycles. The zero-order valence-corrected chi connectivity index (χ0v) is 24.6. The van der Waals surface area contributed by atoms with E-state index in [1.54, 1.807) is 24.3 Å². The SMILES string of the molecule is O=C(C[C@]1(c2ccc(-c3cccc(NC(=O)COc4ccc(F)cc4)c3)s2)CCCCS1(=O)=O)NOC1CCCCO1. The van der Waals surface area contributed by atoms with Gasteiger partial charge in [0, 0.05) is 28.5 Å². The number of benzene rings is 2. The lowest BCUT2D eigenvalue weighted by atomic mass is 9.94. The zero-order valence-electron chi connectivity index (χ0n) is 23.0. The highest BCUT2D eigenvalue weighted by Crippen LogP contribution is 2.47. The summed E-state index contributed by atoms with van der Waals surface area (Å²) in [5.74, 6) is -0.892.